The van der Waals surface area contributed by atoms with Gasteiger partial charge in [-0.1, -0.05) is 36.9 Å². The van der Waals surface area contributed by atoms with E-state index in [-0.39, 0.29) is 12.0 Å². The number of hydrogen-bond acceptors (Lipinski definition) is 6. The van der Waals surface area contributed by atoms with Crippen LogP contribution in [-0.2, 0) is 35.4 Å². The molecule has 2 aliphatic rings. The van der Waals surface area contributed by atoms with Gasteiger partial charge in [-0.05, 0) is 31.9 Å². The highest BCUT2D eigenvalue weighted by Gasteiger charge is 2.62. The van der Waals surface area contributed by atoms with Gasteiger partial charge in [-0.15, -0.1) is 0 Å². The lowest BCUT2D eigenvalue weighted by Gasteiger charge is -2.52. The lowest BCUT2D eigenvalue weighted by atomic mass is 9.98. The summed E-state index contributed by atoms with van der Waals surface area (Å²) in [6, 6.07) is 6.48. The van der Waals surface area contributed by atoms with Gasteiger partial charge in [0.05, 0.1) is 12.2 Å². The van der Waals surface area contributed by atoms with E-state index >= 15 is 0 Å². The van der Waals surface area contributed by atoms with Gasteiger partial charge in [-0.2, -0.15) is 0 Å². The van der Waals surface area contributed by atoms with Crippen molar-refractivity contribution in [1.29, 1.82) is 0 Å². The van der Waals surface area contributed by atoms with E-state index in [2.05, 4.69) is 11.9 Å². The van der Waals surface area contributed by atoms with Crippen LogP contribution in [0.1, 0.15) is 26.3 Å². The fourth-order valence-corrected chi connectivity index (χ4v) is 5.55. The lowest BCUT2D eigenvalue weighted by molar-refractivity contribution is -0.170. The van der Waals surface area contributed by atoms with Gasteiger partial charge in [0.1, 0.15) is 11.6 Å². The number of ether oxygens (including phenoxy) is 1. The van der Waals surface area contributed by atoms with Crippen molar-refractivity contribution in [3.63, 3.8) is 0 Å². The third-order valence-corrected chi connectivity index (χ3v) is 6.66. The molecule has 2 amide bonds. The van der Waals surface area contributed by atoms with Crippen LogP contribution in [0, 0.1) is 0 Å². The number of amides is 2. The molecule has 0 bridgehead atoms. The Labute approximate surface area is 169 Å². The van der Waals surface area contributed by atoms with Crippen LogP contribution in [0.4, 0.5) is 0 Å². The number of esters is 1. The number of hydrogen-bond donors (Lipinski definition) is 1. The molecule has 0 unspecified atom stereocenters. The molecule has 1 aromatic carbocycles. The Kier molecular flexibility index (Phi) is 5.29. The number of fused-ring (bicyclic) bond motifs is 1. The Balaban J connectivity index is 1.78. The smallest absolute Gasteiger partial charge is 0.333 e. The van der Waals surface area contributed by atoms with Gasteiger partial charge < -0.3 is 15.0 Å². The summed E-state index contributed by atoms with van der Waals surface area (Å²) in [4.78, 5) is 38.6. The largest absolute Gasteiger partial charge is 0.458 e. The fourth-order valence-electron chi connectivity index (χ4n) is 3.54. The van der Waals surface area contributed by atoms with Gasteiger partial charge in [-0.25, -0.2) is 13.2 Å². The van der Waals surface area contributed by atoms with Crippen molar-refractivity contribution in [3.05, 3.63) is 48.0 Å². The molecule has 0 spiro atoms. The standard InChI is InChI=1S/C20H24N2O6S/c1-12-11-29(26,27)18-15(21-14(23)10-13-8-6-5-7-9-13)17(24)22(18)16(12)19(25)28-20(2,3)4/h5-9,15-16,18H,1,10-11H2,2-4H3,(H,21,23)/t15-,16-,18-/m1/s1. The van der Waals surface area contributed by atoms with Crippen molar-refractivity contribution in [2.75, 3.05) is 5.75 Å². The Morgan fingerprint density at radius 3 is 2.45 bits per heavy atom. The Bertz CT molecular complexity index is 964. The molecule has 156 valence electrons. The first-order chi connectivity index (χ1) is 13.4. The van der Waals surface area contributed by atoms with E-state index < -0.39 is 56.4 Å². The molecule has 3 rings (SSSR count). The molecular weight excluding hydrogens is 396 g/mol. The molecule has 2 aliphatic heterocycles. The molecule has 2 fully saturated rings. The quantitative estimate of drug-likeness (QED) is 0.433. The van der Waals surface area contributed by atoms with Crippen LogP contribution in [0.15, 0.2) is 42.5 Å². The molecule has 0 saturated carbocycles. The normalized spacial score (nSPS) is 25.6. The van der Waals surface area contributed by atoms with E-state index in [1.807, 2.05) is 6.07 Å². The molecule has 0 radical (unpaired) electrons. The second-order valence-corrected chi connectivity index (χ2v) is 10.3. The van der Waals surface area contributed by atoms with Crippen LogP contribution in [0.5, 0.6) is 0 Å². The number of nitrogens with zero attached hydrogens (tertiary/aromatic N) is 1. The monoisotopic (exact) mass is 420 g/mol. The topological polar surface area (TPSA) is 110 Å². The van der Waals surface area contributed by atoms with Gasteiger partial charge in [0.2, 0.25) is 5.91 Å². The van der Waals surface area contributed by atoms with Crippen LogP contribution < -0.4 is 5.32 Å². The van der Waals surface area contributed by atoms with Crippen LogP contribution in [0.2, 0.25) is 0 Å². The van der Waals surface area contributed by atoms with Crippen LogP contribution in [0.3, 0.4) is 0 Å². The molecule has 29 heavy (non-hydrogen) atoms. The molecule has 1 N–H and O–H groups in total. The average Bonchev–Trinajstić information content (AvgIpc) is 2.58. The predicted molar refractivity (Wildman–Crippen MR) is 105 cm³/mol. The van der Waals surface area contributed by atoms with Crippen molar-refractivity contribution in [2.45, 2.75) is 50.3 Å². The summed E-state index contributed by atoms with van der Waals surface area (Å²) in [6.45, 7) is 8.70. The third kappa shape index (κ3) is 4.19. The Morgan fingerprint density at radius 1 is 1.24 bits per heavy atom. The number of carbonyl (C=O) groups is 3. The maximum atomic E-state index is 12.7. The molecule has 3 atom stereocenters. The molecule has 0 aliphatic carbocycles. The summed E-state index contributed by atoms with van der Waals surface area (Å²) in [5.74, 6) is -2.29. The lowest BCUT2D eigenvalue weighted by Crippen LogP contribution is -2.78. The summed E-state index contributed by atoms with van der Waals surface area (Å²) < 4.78 is 30.6. The van der Waals surface area contributed by atoms with Crippen LogP contribution in [0.25, 0.3) is 0 Å². The molecule has 2 saturated heterocycles. The first-order valence-corrected chi connectivity index (χ1v) is 10.9. The Hall–Kier alpha value is -2.68. The number of benzene rings is 1. The minimum absolute atomic E-state index is 0.0135. The van der Waals surface area contributed by atoms with E-state index in [0.29, 0.717) is 0 Å². The number of nitrogens with one attached hydrogen (secondary N) is 1. The SMILES string of the molecule is C=C1CS(=O)(=O)[C@@H]2[C@H](NC(=O)Cc3ccccc3)C(=O)N2[C@H]1C(=O)OC(C)(C)C. The van der Waals surface area contributed by atoms with E-state index in [9.17, 15) is 22.8 Å². The van der Waals surface area contributed by atoms with E-state index in [4.69, 9.17) is 4.74 Å². The molecule has 9 heteroatoms. The second kappa shape index (κ2) is 7.29. The maximum absolute atomic E-state index is 12.7. The molecule has 0 aromatic heterocycles. The van der Waals surface area contributed by atoms with Crippen LogP contribution in [-0.4, -0.2) is 59.9 Å². The third-order valence-electron chi connectivity index (χ3n) is 4.65. The van der Waals surface area contributed by atoms with Crippen molar-refractivity contribution < 1.29 is 27.5 Å². The van der Waals surface area contributed by atoms with Crippen molar-refractivity contribution in [2.24, 2.45) is 0 Å². The molecule has 1 aromatic rings. The van der Waals surface area contributed by atoms with E-state index in [1.54, 1.807) is 45.0 Å². The predicted octanol–water partition coefficient (Wildman–Crippen LogP) is 0.577. The highest BCUT2D eigenvalue weighted by Crippen LogP contribution is 2.37. The van der Waals surface area contributed by atoms with Crippen molar-refractivity contribution in [3.8, 4) is 0 Å². The molecule has 8 nitrogen and oxygen atoms in total. The van der Waals surface area contributed by atoms with E-state index in [1.165, 1.54) is 0 Å². The fraction of sp³-hybridized carbons (Fsp3) is 0.450. The van der Waals surface area contributed by atoms with Crippen molar-refractivity contribution >= 4 is 27.6 Å². The first kappa shape index (κ1) is 21.0. The highest BCUT2D eigenvalue weighted by atomic mass is 32.2. The summed E-state index contributed by atoms with van der Waals surface area (Å²) in [7, 11) is -3.80. The van der Waals surface area contributed by atoms with Gasteiger partial charge in [0.25, 0.3) is 5.91 Å². The van der Waals surface area contributed by atoms with Gasteiger partial charge in [0.15, 0.2) is 21.3 Å². The Morgan fingerprint density at radius 2 is 1.86 bits per heavy atom. The first-order valence-electron chi connectivity index (χ1n) is 9.18. The summed E-state index contributed by atoms with van der Waals surface area (Å²) in [5, 5.41) is 1.19. The second-order valence-electron chi connectivity index (χ2n) is 8.25. The molecule has 2 heterocycles. The number of β-lactam (4-membered cyclic amide) rings is 1. The number of sulfone groups is 1. The van der Waals surface area contributed by atoms with Gasteiger partial charge >= 0.3 is 5.97 Å². The number of rotatable bonds is 4. The summed E-state index contributed by atoms with van der Waals surface area (Å²) >= 11 is 0. The average molecular weight is 420 g/mol. The van der Waals surface area contributed by atoms with Gasteiger partial charge in [-0.3, -0.25) is 9.59 Å². The maximum Gasteiger partial charge on any atom is 0.333 e. The molecular formula is C20H24N2O6S. The van der Waals surface area contributed by atoms with Crippen LogP contribution >= 0.6 is 0 Å². The minimum Gasteiger partial charge on any atom is -0.458 e. The van der Waals surface area contributed by atoms with Gasteiger partial charge in [0, 0.05) is 0 Å². The van der Waals surface area contributed by atoms with E-state index in [0.717, 1.165) is 10.5 Å². The highest BCUT2D eigenvalue weighted by molar-refractivity contribution is 7.92. The zero-order valence-electron chi connectivity index (χ0n) is 16.5. The van der Waals surface area contributed by atoms with Crippen molar-refractivity contribution in [1.82, 2.24) is 10.2 Å². The zero-order valence-corrected chi connectivity index (χ0v) is 17.4. The zero-order chi connectivity index (χ0) is 21.6. The summed E-state index contributed by atoms with van der Waals surface area (Å²) in [6.07, 6.45) is 0.0135. The number of carbonyl (C=O) groups excluding carboxylic acids is 3. The summed E-state index contributed by atoms with van der Waals surface area (Å²) in [5.41, 5.74) is 0.0125. The minimum atomic E-state index is -3.80.